The molecule has 0 aromatic heterocycles. The summed E-state index contributed by atoms with van der Waals surface area (Å²) in [4.78, 5) is 23.5. The van der Waals surface area contributed by atoms with E-state index >= 15 is 0 Å². The first-order chi connectivity index (χ1) is 11.7. The molecule has 2 aromatic carbocycles. The molecule has 0 radical (unpaired) electrons. The van der Waals surface area contributed by atoms with E-state index in [4.69, 9.17) is 4.74 Å². The Morgan fingerprint density at radius 2 is 1.46 bits per heavy atom. The van der Waals surface area contributed by atoms with Crippen LogP contribution in [0.25, 0.3) is 0 Å². The van der Waals surface area contributed by atoms with Gasteiger partial charge in [0.15, 0.2) is 0 Å². The van der Waals surface area contributed by atoms with Gasteiger partial charge in [0.2, 0.25) is 0 Å². The largest absolute Gasteiger partial charge is 0.461 e. The summed E-state index contributed by atoms with van der Waals surface area (Å²) in [7, 11) is 1.18. The van der Waals surface area contributed by atoms with Crippen molar-refractivity contribution in [1.82, 2.24) is 0 Å². The van der Waals surface area contributed by atoms with E-state index in [2.05, 4.69) is 29.0 Å². The van der Waals surface area contributed by atoms with Crippen LogP contribution in [0.3, 0.4) is 0 Å². The maximum atomic E-state index is 12.0. The van der Waals surface area contributed by atoms with Crippen molar-refractivity contribution in [2.24, 2.45) is 0 Å². The van der Waals surface area contributed by atoms with Crippen LogP contribution in [-0.2, 0) is 24.5 Å². The molecule has 24 heavy (non-hydrogen) atoms. The van der Waals surface area contributed by atoms with Crippen molar-refractivity contribution in [1.29, 1.82) is 0 Å². The van der Waals surface area contributed by atoms with Gasteiger partial charge in [-0.1, -0.05) is 60.7 Å². The number of rotatable bonds is 3. The normalized spacial score (nSPS) is 18.8. The minimum atomic E-state index is -0.961. The Morgan fingerprint density at radius 1 is 0.917 bits per heavy atom. The van der Waals surface area contributed by atoms with E-state index in [-0.39, 0.29) is 0 Å². The summed E-state index contributed by atoms with van der Waals surface area (Å²) >= 11 is 0. The lowest BCUT2D eigenvalue weighted by Crippen LogP contribution is -2.40. The van der Waals surface area contributed by atoms with Crippen LogP contribution in [0.5, 0.6) is 0 Å². The number of benzene rings is 2. The molecule has 0 N–H and O–H groups in total. The molecule has 1 atom stereocenters. The monoisotopic (exact) mass is 324 g/mol. The molecule has 0 unspecified atom stereocenters. The van der Waals surface area contributed by atoms with Gasteiger partial charge in [-0.2, -0.15) is 0 Å². The fraction of sp³-hybridized carbons (Fsp3) is 0.300. The third-order valence-corrected chi connectivity index (χ3v) is 4.77. The molecule has 1 aliphatic carbocycles. The van der Waals surface area contributed by atoms with Crippen LogP contribution in [-0.4, -0.2) is 25.2 Å². The molecule has 124 valence electrons. The summed E-state index contributed by atoms with van der Waals surface area (Å²) in [6.07, 6.45) is 2.10. The lowest BCUT2D eigenvalue weighted by Gasteiger charge is -2.36. The number of carbonyl (C=O) groups excluding carboxylic acids is 2. The molecule has 0 saturated heterocycles. The number of esters is 2. The summed E-state index contributed by atoms with van der Waals surface area (Å²) in [6, 6.07) is 20.1. The summed E-state index contributed by atoms with van der Waals surface area (Å²) in [5.41, 5.74) is 1.75. The van der Waals surface area contributed by atoms with E-state index in [1.165, 1.54) is 7.11 Å². The Labute approximate surface area is 141 Å². The van der Waals surface area contributed by atoms with Crippen molar-refractivity contribution in [2.75, 3.05) is 7.11 Å². The highest BCUT2D eigenvalue weighted by Gasteiger charge is 2.48. The minimum Gasteiger partial charge on any atom is -0.461 e. The van der Waals surface area contributed by atoms with Crippen molar-refractivity contribution in [3.8, 4) is 0 Å². The SMILES string of the molecule is COC(=O)C(=O)O[C@@H]1CCCC1(c1ccccc1)c1ccccc1. The van der Waals surface area contributed by atoms with Gasteiger partial charge in [-0.15, -0.1) is 0 Å². The molecule has 0 amide bonds. The van der Waals surface area contributed by atoms with Gasteiger partial charge >= 0.3 is 11.9 Å². The predicted octanol–water partition coefficient (Wildman–Crippen LogP) is 3.24. The molecule has 3 rings (SSSR count). The summed E-state index contributed by atoms with van der Waals surface area (Å²) < 4.78 is 10.1. The van der Waals surface area contributed by atoms with Crippen LogP contribution >= 0.6 is 0 Å². The quantitative estimate of drug-likeness (QED) is 0.642. The summed E-state index contributed by atoms with van der Waals surface area (Å²) in [5.74, 6) is -1.89. The molecule has 4 nitrogen and oxygen atoms in total. The van der Waals surface area contributed by atoms with Crippen LogP contribution in [0.4, 0.5) is 0 Å². The van der Waals surface area contributed by atoms with Gasteiger partial charge in [0.1, 0.15) is 6.10 Å². The summed E-state index contributed by atoms with van der Waals surface area (Å²) in [5, 5.41) is 0. The molecule has 1 saturated carbocycles. The van der Waals surface area contributed by atoms with E-state index in [1.54, 1.807) is 0 Å². The molecule has 0 heterocycles. The molecule has 0 bridgehead atoms. The van der Waals surface area contributed by atoms with Crippen LogP contribution in [0.2, 0.25) is 0 Å². The summed E-state index contributed by atoms with van der Waals surface area (Å²) in [6.45, 7) is 0. The molecule has 0 spiro atoms. The number of hydrogen-bond donors (Lipinski definition) is 0. The van der Waals surface area contributed by atoms with Gasteiger partial charge in [0.25, 0.3) is 0 Å². The first-order valence-electron chi connectivity index (χ1n) is 8.08. The van der Waals surface area contributed by atoms with Gasteiger partial charge in [-0.05, 0) is 30.4 Å². The maximum absolute atomic E-state index is 12.0. The molecule has 1 fully saturated rings. The molecule has 1 aliphatic rings. The standard InChI is InChI=1S/C20H20O4/c1-23-18(21)19(22)24-17-13-8-14-20(17,15-9-4-2-5-10-15)16-11-6-3-7-12-16/h2-7,9-12,17H,8,13-14H2,1H3/t17-/m1/s1. The number of ether oxygens (including phenoxy) is 2. The van der Waals surface area contributed by atoms with Crippen LogP contribution in [0.15, 0.2) is 60.7 Å². The molecule has 4 heteroatoms. The average Bonchev–Trinajstić information content (AvgIpc) is 3.06. The predicted molar refractivity (Wildman–Crippen MR) is 89.4 cm³/mol. The van der Waals surface area contributed by atoms with Crippen molar-refractivity contribution in [2.45, 2.75) is 30.8 Å². The second kappa shape index (κ2) is 6.87. The molecular weight excluding hydrogens is 304 g/mol. The fourth-order valence-electron chi connectivity index (χ4n) is 3.69. The number of carbonyl (C=O) groups is 2. The number of methoxy groups -OCH3 is 1. The van der Waals surface area contributed by atoms with Crippen molar-refractivity contribution in [3.63, 3.8) is 0 Å². The first kappa shape index (κ1) is 16.2. The third-order valence-electron chi connectivity index (χ3n) is 4.77. The van der Waals surface area contributed by atoms with Crippen molar-refractivity contribution in [3.05, 3.63) is 71.8 Å². The second-order valence-electron chi connectivity index (χ2n) is 5.98. The highest BCUT2D eigenvalue weighted by Crippen LogP contribution is 2.48. The zero-order chi connectivity index (χ0) is 17.0. The van der Waals surface area contributed by atoms with Crippen LogP contribution in [0.1, 0.15) is 30.4 Å². The van der Waals surface area contributed by atoms with E-state index < -0.39 is 23.5 Å². The van der Waals surface area contributed by atoms with Crippen molar-refractivity contribution >= 4 is 11.9 Å². The van der Waals surface area contributed by atoms with Gasteiger partial charge in [-0.25, -0.2) is 9.59 Å². The fourth-order valence-corrected chi connectivity index (χ4v) is 3.69. The van der Waals surface area contributed by atoms with Gasteiger partial charge in [-0.3, -0.25) is 0 Å². The highest BCUT2D eigenvalue weighted by atomic mass is 16.6. The van der Waals surface area contributed by atoms with Crippen LogP contribution in [0, 0.1) is 0 Å². The Kier molecular flexibility index (Phi) is 4.65. The topological polar surface area (TPSA) is 52.6 Å². The molecular formula is C20H20O4. The Balaban J connectivity index is 2.04. The average molecular weight is 324 g/mol. The lowest BCUT2D eigenvalue weighted by molar-refractivity contribution is -0.170. The van der Waals surface area contributed by atoms with E-state index in [1.807, 2.05) is 36.4 Å². The minimum absolute atomic E-state index is 0.395. The Hall–Kier alpha value is -2.62. The smallest absolute Gasteiger partial charge is 0.417 e. The second-order valence-corrected chi connectivity index (χ2v) is 5.98. The first-order valence-corrected chi connectivity index (χ1v) is 8.08. The zero-order valence-electron chi connectivity index (χ0n) is 13.6. The van der Waals surface area contributed by atoms with Gasteiger partial charge in [0.05, 0.1) is 12.5 Å². The highest BCUT2D eigenvalue weighted by molar-refractivity contribution is 6.29. The van der Waals surface area contributed by atoms with Crippen LogP contribution < -0.4 is 0 Å². The van der Waals surface area contributed by atoms with E-state index in [0.29, 0.717) is 6.42 Å². The molecule has 0 aliphatic heterocycles. The maximum Gasteiger partial charge on any atom is 0.417 e. The van der Waals surface area contributed by atoms with Gasteiger partial charge in [0, 0.05) is 0 Å². The van der Waals surface area contributed by atoms with E-state index in [0.717, 1.165) is 24.0 Å². The number of hydrogen-bond acceptors (Lipinski definition) is 4. The lowest BCUT2D eigenvalue weighted by atomic mass is 9.71. The Morgan fingerprint density at radius 3 is 1.96 bits per heavy atom. The Bertz CT molecular complexity index is 669. The van der Waals surface area contributed by atoms with Crippen molar-refractivity contribution < 1.29 is 19.1 Å². The van der Waals surface area contributed by atoms with Gasteiger partial charge < -0.3 is 9.47 Å². The zero-order valence-corrected chi connectivity index (χ0v) is 13.6. The molecule has 2 aromatic rings. The third kappa shape index (κ3) is 2.80. The van der Waals surface area contributed by atoms with E-state index in [9.17, 15) is 9.59 Å².